The van der Waals surface area contributed by atoms with E-state index in [1.165, 1.54) is 0 Å². The van der Waals surface area contributed by atoms with Crippen LogP contribution in [0.4, 0.5) is 0 Å². The maximum absolute atomic E-state index is 5.54. The molecule has 0 spiro atoms. The number of rotatable bonds is 10. The summed E-state index contributed by atoms with van der Waals surface area (Å²) in [4.78, 5) is 6.50. The van der Waals surface area contributed by atoms with E-state index in [1.807, 2.05) is 44.4 Å². The molecule has 2 aromatic rings. The summed E-state index contributed by atoms with van der Waals surface area (Å²) in [6.07, 6.45) is 0. The molecule has 0 bridgehead atoms. The van der Waals surface area contributed by atoms with E-state index in [1.54, 1.807) is 35.5 Å². The average Bonchev–Trinajstić information content (AvgIpc) is 2.80. The Kier molecular flexibility index (Phi) is 9.27. The lowest BCUT2D eigenvalue weighted by Crippen LogP contribution is -2.41. The van der Waals surface area contributed by atoms with Crippen LogP contribution in [-0.2, 0) is 6.54 Å². The van der Waals surface area contributed by atoms with Crippen LogP contribution in [0.15, 0.2) is 41.4 Å². The molecule has 1 unspecified atom stereocenters. The highest BCUT2D eigenvalue weighted by atomic mass is 16.5. The number of methoxy groups -OCH3 is 4. The summed E-state index contributed by atoms with van der Waals surface area (Å²) in [5, 5.41) is 6.74. The second-order valence-electron chi connectivity index (χ2n) is 7.06. The predicted octanol–water partition coefficient (Wildman–Crippen LogP) is 2.69. The van der Waals surface area contributed by atoms with Gasteiger partial charge in [0.05, 0.1) is 34.5 Å². The fourth-order valence-electron chi connectivity index (χ4n) is 3.35. The van der Waals surface area contributed by atoms with Crippen LogP contribution >= 0.6 is 0 Å². The van der Waals surface area contributed by atoms with Gasteiger partial charge < -0.3 is 34.5 Å². The number of likely N-dealkylation sites (N-methyl/N-ethyl adjacent to an activating group) is 1. The monoisotopic (exact) mass is 430 g/mol. The first kappa shape index (κ1) is 24.1. The Morgan fingerprint density at radius 3 is 2.03 bits per heavy atom. The van der Waals surface area contributed by atoms with E-state index in [2.05, 4.69) is 26.6 Å². The Balaban J connectivity index is 2.09. The number of aliphatic imine (C=N–C) groups is 1. The molecule has 8 heteroatoms. The van der Waals surface area contributed by atoms with Crippen molar-refractivity contribution in [3.63, 3.8) is 0 Å². The van der Waals surface area contributed by atoms with Crippen LogP contribution in [0.3, 0.4) is 0 Å². The van der Waals surface area contributed by atoms with Gasteiger partial charge in [0.25, 0.3) is 0 Å². The van der Waals surface area contributed by atoms with Crippen LogP contribution in [0.5, 0.6) is 23.0 Å². The molecular weight excluding hydrogens is 396 g/mol. The normalized spacial score (nSPS) is 12.3. The second-order valence-corrected chi connectivity index (χ2v) is 7.06. The summed E-state index contributed by atoms with van der Waals surface area (Å²) in [7, 11) is 12.3. The molecular formula is C23H34N4O4. The molecule has 0 saturated carbocycles. The topological polar surface area (TPSA) is 76.6 Å². The van der Waals surface area contributed by atoms with Crippen molar-refractivity contribution in [1.82, 2.24) is 15.5 Å². The van der Waals surface area contributed by atoms with Gasteiger partial charge in [-0.2, -0.15) is 0 Å². The molecule has 0 aliphatic heterocycles. The van der Waals surface area contributed by atoms with Crippen molar-refractivity contribution in [3.05, 3.63) is 47.5 Å². The minimum atomic E-state index is 0.107. The lowest BCUT2D eigenvalue weighted by atomic mass is 10.0. The molecule has 0 fully saturated rings. The zero-order valence-corrected chi connectivity index (χ0v) is 19.5. The van der Waals surface area contributed by atoms with Gasteiger partial charge in [0.15, 0.2) is 17.5 Å². The molecule has 0 heterocycles. The van der Waals surface area contributed by atoms with Crippen molar-refractivity contribution in [2.75, 3.05) is 56.1 Å². The first-order valence-corrected chi connectivity index (χ1v) is 10.0. The van der Waals surface area contributed by atoms with E-state index in [0.29, 0.717) is 36.3 Å². The first-order valence-electron chi connectivity index (χ1n) is 10.0. The summed E-state index contributed by atoms with van der Waals surface area (Å²) >= 11 is 0. The summed E-state index contributed by atoms with van der Waals surface area (Å²) in [6, 6.07) is 12.0. The van der Waals surface area contributed by atoms with Crippen molar-refractivity contribution in [2.45, 2.75) is 12.6 Å². The minimum absolute atomic E-state index is 0.107. The highest BCUT2D eigenvalue weighted by Crippen LogP contribution is 2.38. The predicted molar refractivity (Wildman–Crippen MR) is 124 cm³/mol. The second kappa shape index (κ2) is 11.9. The van der Waals surface area contributed by atoms with Crippen LogP contribution in [0, 0.1) is 0 Å². The lowest BCUT2D eigenvalue weighted by molar-refractivity contribution is 0.287. The molecule has 0 aromatic heterocycles. The average molecular weight is 431 g/mol. The van der Waals surface area contributed by atoms with Crippen molar-refractivity contribution in [2.24, 2.45) is 4.99 Å². The van der Waals surface area contributed by atoms with Gasteiger partial charge in [-0.1, -0.05) is 18.2 Å². The molecule has 8 nitrogen and oxygen atoms in total. The Labute approximate surface area is 185 Å². The Morgan fingerprint density at radius 2 is 1.52 bits per heavy atom. The smallest absolute Gasteiger partial charge is 0.203 e. The van der Waals surface area contributed by atoms with E-state index >= 15 is 0 Å². The van der Waals surface area contributed by atoms with Crippen LogP contribution in [-0.4, -0.2) is 67.0 Å². The Morgan fingerprint density at radius 1 is 0.903 bits per heavy atom. The van der Waals surface area contributed by atoms with Crippen LogP contribution in [0.2, 0.25) is 0 Å². The van der Waals surface area contributed by atoms with E-state index < -0.39 is 0 Å². The van der Waals surface area contributed by atoms with Crippen molar-refractivity contribution >= 4 is 5.96 Å². The molecule has 2 N–H and O–H groups in total. The number of benzene rings is 2. The van der Waals surface area contributed by atoms with E-state index in [4.69, 9.17) is 18.9 Å². The van der Waals surface area contributed by atoms with E-state index in [0.717, 1.165) is 16.9 Å². The summed E-state index contributed by atoms with van der Waals surface area (Å²) in [5.41, 5.74) is 2.09. The third-order valence-corrected chi connectivity index (χ3v) is 4.99. The number of guanidine groups is 1. The SMILES string of the molecule is CN=C(NCc1cc(OC)c(OC)c(OC)c1)NCC(c1ccccc1OC)N(C)C. The molecule has 0 aliphatic carbocycles. The molecule has 31 heavy (non-hydrogen) atoms. The Hall–Kier alpha value is -3.13. The van der Waals surface area contributed by atoms with Gasteiger partial charge >= 0.3 is 0 Å². The highest BCUT2D eigenvalue weighted by Gasteiger charge is 2.19. The van der Waals surface area contributed by atoms with Gasteiger partial charge in [-0.05, 0) is 37.9 Å². The summed E-state index contributed by atoms with van der Waals surface area (Å²) in [6.45, 7) is 1.19. The van der Waals surface area contributed by atoms with Crippen molar-refractivity contribution in [1.29, 1.82) is 0 Å². The van der Waals surface area contributed by atoms with Gasteiger partial charge in [0, 0.05) is 25.7 Å². The van der Waals surface area contributed by atoms with E-state index in [9.17, 15) is 0 Å². The zero-order chi connectivity index (χ0) is 22.8. The largest absolute Gasteiger partial charge is 0.496 e. The number of nitrogens with zero attached hydrogens (tertiary/aromatic N) is 2. The lowest BCUT2D eigenvalue weighted by Gasteiger charge is -2.27. The third kappa shape index (κ3) is 6.18. The molecule has 1 atom stereocenters. The van der Waals surface area contributed by atoms with Gasteiger partial charge in [0.2, 0.25) is 5.75 Å². The van der Waals surface area contributed by atoms with Crippen LogP contribution in [0.1, 0.15) is 17.2 Å². The van der Waals surface area contributed by atoms with Gasteiger partial charge in [-0.25, -0.2) is 0 Å². The fourth-order valence-corrected chi connectivity index (χ4v) is 3.35. The fraction of sp³-hybridized carbons (Fsp3) is 0.435. The molecule has 2 rings (SSSR count). The minimum Gasteiger partial charge on any atom is -0.496 e. The summed E-state index contributed by atoms with van der Waals surface area (Å²) < 4.78 is 21.8. The number of hydrogen-bond donors (Lipinski definition) is 2. The van der Waals surface area contributed by atoms with Crippen molar-refractivity contribution < 1.29 is 18.9 Å². The standard InChI is InChI=1S/C23H34N4O4/c1-24-23(25-14-16-12-20(29-5)22(31-7)21(13-16)30-6)26-15-18(27(2)3)17-10-8-9-11-19(17)28-4/h8-13,18H,14-15H2,1-7H3,(H2,24,25,26). The number of hydrogen-bond acceptors (Lipinski definition) is 6. The van der Waals surface area contributed by atoms with Crippen LogP contribution < -0.4 is 29.6 Å². The van der Waals surface area contributed by atoms with E-state index in [-0.39, 0.29) is 6.04 Å². The maximum Gasteiger partial charge on any atom is 0.203 e. The molecule has 0 radical (unpaired) electrons. The number of para-hydroxylation sites is 1. The highest BCUT2D eigenvalue weighted by molar-refractivity contribution is 5.79. The molecule has 170 valence electrons. The van der Waals surface area contributed by atoms with Crippen LogP contribution in [0.25, 0.3) is 0 Å². The maximum atomic E-state index is 5.54. The summed E-state index contributed by atoms with van der Waals surface area (Å²) in [5.74, 6) is 3.36. The molecule has 0 aliphatic rings. The zero-order valence-electron chi connectivity index (χ0n) is 19.5. The molecule has 0 amide bonds. The number of nitrogens with one attached hydrogen (secondary N) is 2. The quantitative estimate of drug-likeness (QED) is 0.443. The Bertz CT molecular complexity index is 845. The number of ether oxygens (including phenoxy) is 4. The van der Waals surface area contributed by atoms with Crippen molar-refractivity contribution in [3.8, 4) is 23.0 Å². The first-order chi connectivity index (χ1) is 15.0. The molecule has 2 aromatic carbocycles. The van der Waals surface area contributed by atoms with Gasteiger partial charge in [-0.3, -0.25) is 4.99 Å². The molecule has 0 saturated heterocycles. The van der Waals surface area contributed by atoms with Gasteiger partial charge in [0.1, 0.15) is 5.75 Å². The van der Waals surface area contributed by atoms with Gasteiger partial charge in [-0.15, -0.1) is 0 Å². The third-order valence-electron chi connectivity index (χ3n) is 4.99.